The normalized spacial score (nSPS) is 23.5. The maximum atomic E-state index is 14.3. The van der Waals surface area contributed by atoms with E-state index in [1.807, 2.05) is 6.92 Å². The summed E-state index contributed by atoms with van der Waals surface area (Å²) >= 11 is 0. The monoisotopic (exact) mass is 753 g/mol. The van der Waals surface area contributed by atoms with Gasteiger partial charge in [-0.3, -0.25) is 19.2 Å². The van der Waals surface area contributed by atoms with Crippen LogP contribution in [0.15, 0.2) is 18.5 Å². The molecule has 0 bridgehead atoms. The van der Waals surface area contributed by atoms with Crippen molar-refractivity contribution in [1.82, 2.24) is 44.9 Å². The van der Waals surface area contributed by atoms with Crippen molar-refractivity contribution >= 4 is 23.7 Å². The minimum Gasteiger partial charge on any atom is -0.444 e. The van der Waals surface area contributed by atoms with E-state index in [-0.39, 0.29) is 80.4 Å². The number of hydrogen-bond donors (Lipinski definition) is 2. The Labute approximate surface area is 302 Å². The number of imidazole rings is 1. The maximum absolute atomic E-state index is 14.3. The summed E-state index contributed by atoms with van der Waals surface area (Å²) in [5.41, 5.74) is -0.00738. The van der Waals surface area contributed by atoms with E-state index >= 15 is 0 Å². The van der Waals surface area contributed by atoms with Crippen molar-refractivity contribution in [2.75, 3.05) is 26.3 Å². The second-order valence-corrected chi connectivity index (χ2v) is 14.9. The fourth-order valence-corrected chi connectivity index (χ4v) is 7.20. The zero-order valence-electron chi connectivity index (χ0n) is 30.0. The maximum Gasteiger partial charge on any atom is 0.411 e. The van der Waals surface area contributed by atoms with Gasteiger partial charge < -0.3 is 20.1 Å². The van der Waals surface area contributed by atoms with Gasteiger partial charge in [0.1, 0.15) is 17.3 Å². The molecule has 0 radical (unpaired) electrons. The number of fused-ring (bicyclic) bond motifs is 1. The van der Waals surface area contributed by atoms with Crippen molar-refractivity contribution < 1.29 is 45.8 Å². The Morgan fingerprint density at radius 3 is 2.58 bits per heavy atom. The van der Waals surface area contributed by atoms with Crippen molar-refractivity contribution in [3.63, 3.8) is 0 Å². The number of ether oxygens (including phenoxy) is 2. The molecular formula is C34H44F5N9O5. The topological polar surface area (TPSA) is 158 Å². The van der Waals surface area contributed by atoms with Gasteiger partial charge in [-0.2, -0.15) is 23.4 Å². The van der Waals surface area contributed by atoms with Crippen molar-refractivity contribution in [3.8, 4) is 0 Å². The third-order valence-corrected chi connectivity index (χ3v) is 9.96. The van der Waals surface area contributed by atoms with Crippen molar-refractivity contribution in [2.24, 2.45) is 17.8 Å². The first-order valence-electron chi connectivity index (χ1n) is 17.8. The first-order chi connectivity index (χ1) is 24.9. The first-order valence-corrected chi connectivity index (χ1v) is 17.8. The molecule has 53 heavy (non-hydrogen) atoms. The highest BCUT2D eigenvalue weighted by molar-refractivity contribution is 5.92. The Balaban J connectivity index is 1.42. The molecular weight excluding hydrogens is 709 g/mol. The Kier molecular flexibility index (Phi) is 10.7. The molecule has 2 saturated heterocycles. The third kappa shape index (κ3) is 8.70. The van der Waals surface area contributed by atoms with Gasteiger partial charge in [-0.1, -0.05) is 0 Å². The number of carbonyl (C=O) groups excluding carboxylic acids is 3. The van der Waals surface area contributed by atoms with Gasteiger partial charge in [0.2, 0.25) is 11.8 Å². The minimum atomic E-state index is -4.54. The molecule has 3 amide bonds. The summed E-state index contributed by atoms with van der Waals surface area (Å²) in [5, 5.41) is 14.2. The number of nitrogens with zero attached hydrogens (tertiary/aromatic N) is 7. The molecule has 0 aromatic carbocycles. The van der Waals surface area contributed by atoms with Crippen LogP contribution in [-0.4, -0.2) is 96.2 Å². The average molecular weight is 754 g/mol. The van der Waals surface area contributed by atoms with Gasteiger partial charge in [-0.15, -0.1) is 0 Å². The number of halogens is 5. The minimum absolute atomic E-state index is 0.0220. The fourth-order valence-electron chi connectivity index (χ4n) is 7.20. The first kappa shape index (κ1) is 38.3. The molecule has 1 saturated carbocycles. The highest BCUT2D eigenvalue weighted by Crippen LogP contribution is 2.42. The predicted molar refractivity (Wildman–Crippen MR) is 177 cm³/mol. The number of rotatable bonds is 8. The van der Waals surface area contributed by atoms with Gasteiger partial charge in [0, 0.05) is 51.0 Å². The molecule has 1 aliphatic carbocycles. The molecule has 3 fully saturated rings. The van der Waals surface area contributed by atoms with E-state index < -0.39 is 78.4 Å². The van der Waals surface area contributed by atoms with Crippen molar-refractivity contribution in [2.45, 2.75) is 103 Å². The molecule has 6 rings (SSSR count). The van der Waals surface area contributed by atoms with E-state index in [1.54, 1.807) is 26.8 Å². The number of carbonyl (C=O) groups is 3. The van der Waals surface area contributed by atoms with Crippen molar-refractivity contribution in [1.29, 1.82) is 0 Å². The van der Waals surface area contributed by atoms with Crippen LogP contribution in [0, 0.1) is 17.8 Å². The quantitative estimate of drug-likeness (QED) is 0.309. The molecule has 19 heteroatoms. The van der Waals surface area contributed by atoms with Crippen LogP contribution in [-0.2, 0) is 27.2 Å². The summed E-state index contributed by atoms with van der Waals surface area (Å²) in [6.07, 6.45) is -3.52. The Hall–Kier alpha value is -4.42. The van der Waals surface area contributed by atoms with Crippen LogP contribution in [0.4, 0.5) is 26.7 Å². The second-order valence-electron chi connectivity index (χ2n) is 14.9. The van der Waals surface area contributed by atoms with Gasteiger partial charge >= 0.3 is 12.3 Å². The number of alkyl halides is 5. The number of aryl methyl sites for hydroxylation is 1. The molecule has 2 N–H and O–H groups in total. The zero-order chi connectivity index (χ0) is 38.3. The molecule has 3 aliphatic rings. The Morgan fingerprint density at radius 1 is 1.17 bits per heavy atom. The standard InChI is InChI=1S/C34H44F5N9O5/c1-5-47-24(8-11-41-47)29(50)43-26(19-6-9-33(35,36)10-7-19)23-17-48-30(42-23)44-27(25-18-52-13-12-46(25)31(51)53-32(2,3)4)22(45-48)15-20-14-21(34(37,38)39)16-40-28(20)49/h8,11,17,19-21,25-26H,5-7,9-10,12-16,18H2,1-4H3,(H,40,49)(H,43,50)/t20-,21-,25?,26+/m1/s1. The molecule has 3 aromatic heterocycles. The van der Waals surface area contributed by atoms with Crippen LogP contribution < -0.4 is 10.6 Å². The van der Waals surface area contributed by atoms with E-state index in [0.717, 1.165) is 0 Å². The van der Waals surface area contributed by atoms with E-state index in [2.05, 4.69) is 15.7 Å². The van der Waals surface area contributed by atoms with Gasteiger partial charge in [-0.05, 0) is 58.9 Å². The van der Waals surface area contributed by atoms with E-state index in [4.69, 9.17) is 24.5 Å². The highest BCUT2D eigenvalue weighted by atomic mass is 19.4. The summed E-state index contributed by atoms with van der Waals surface area (Å²) in [4.78, 5) is 50.8. The largest absolute Gasteiger partial charge is 0.444 e. The smallest absolute Gasteiger partial charge is 0.411 e. The molecule has 5 heterocycles. The summed E-state index contributed by atoms with van der Waals surface area (Å²) in [7, 11) is 0. The van der Waals surface area contributed by atoms with Crippen LogP contribution in [0.2, 0.25) is 0 Å². The number of amides is 3. The average Bonchev–Trinajstić information content (AvgIpc) is 3.74. The summed E-state index contributed by atoms with van der Waals surface area (Å²) in [5.74, 6) is -7.19. The summed E-state index contributed by atoms with van der Waals surface area (Å²) < 4.78 is 84.1. The summed E-state index contributed by atoms with van der Waals surface area (Å²) in [6, 6.07) is -0.201. The molecule has 2 aliphatic heterocycles. The second kappa shape index (κ2) is 14.8. The van der Waals surface area contributed by atoms with E-state index in [9.17, 15) is 36.3 Å². The number of nitrogens with one attached hydrogen (secondary N) is 2. The molecule has 4 atom stereocenters. The number of aromatic nitrogens is 6. The van der Waals surface area contributed by atoms with Crippen LogP contribution >= 0.6 is 0 Å². The van der Waals surface area contributed by atoms with E-state index in [0.29, 0.717) is 6.54 Å². The molecule has 14 nitrogen and oxygen atoms in total. The van der Waals surface area contributed by atoms with Gasteiger partial charge in [-0.25, -0.2) is 28.1 Å². The summed E-state index contributed by atoms with van der Waals surface area (Å²) in [6.45, 7) is 7.07. The fraction of sp³-hybridized carbons (Fsp3) is 0.676. The lowest BCUT2D eigenvalue weighted by molar-refractivity contribution is -0.183. The Morgan fingerprint density at radius 2 is 1.91 bits per heavy atom. The van der Waals surface area contributed by atoms with Gasteiger partial charge in [0.25, 0.3) is 11.7 Å². The lowest BCUT2D eigenvalue weighted by atomic mass is 9.81. The van der Waals surface area contributed by atoms with Crippen LogP contribution in [0.5, 0.6) is 0 Å². The lowest BCUT2D eigenvalue weighted by Gasteiger charge is -2.37. The number of hydrogen-bond acceptors (Lipinski definition) is 9. The number of piperidine rings is 1. The van der Waals surface area contributed by atoms with E-state index in [1.165, 1.54) is 26.5 Å². The van der Waals surface area contributed by atoms with Gasteiger partial charge in [0.15, 0.2) is 0 Å². The van der Waals surface area contributed by atoms with Gasteiger partial charge in [0.05, 0.1) is 48.5 Å². The van der Waals surface area contributed by atoms with Crippen molar-refractivity contribution in [3.05, 3.63) is 41.2 Å². The predicted octanol–water partition coefficient (Wildman–Crippen LogP) is 4.80. The zero-order valence-corrected chi connectivity index (χ0v) is 30.0. The lowest BCUT2D eigenvalue weighted by Crippen LogP contribution is -2.48. The van der Waals surface area contributed by atoms with Crippen LogP contribution in [0.25, 0.3) is 5.78 Å². The molecule has 0 spiro atoms. The molecule has 3 aromatic rings. The van der Waals surface area contributed by atoms with Crippen LogP contribution in [0.1, 0.15) is 99.5 Å². The molecule has 1 unspecified atom stereocenters. The molecule has 290 valence electrons. The SMILES string of the molecule is CCn1nccc1C(=O)N[C@H](c1cn2nc(C[C@H]3C[C@@H](C(F)(F)F)CNC3=O)c(C3COCCN3C(=O)OC(C)(C)C)nc2n1)C1CCC(F)(F)CC1. The Bertz CT molecular complexity index is 1810. The number of morpholine rings is 1. The highest BCUT2D eigenvalue weighted by Gasteiger charge is 2.46. The van der Waals surface area contributed by atoms with Crippen LogP contribution in [0.3, 0.4) is 0 Å². The third-order valence-electron chi connectivity index (χ3n) is 9.96.